The van der Waals surface area contributed by atoms with E-state index in [1.165, 1.54) is 6.92 Å². The van der Waals surface area contributed by atoms with Gasteiger partial charge >= 0.3 is 0 Å². The predicted molar refractivity (Wildman–Crippen MR) is 72.0 cm³/mol. The Morgan fingerprint density at radius 3 is 2.89 bits per heavy atom. The van der Waals surface area contributed by atoms with Gasteiger partial charge in [-0.05, 0) is 25.1 Å². The summed E-state index contributed by atoms with van der Waals surface area (Å²) in [6, 6.07) is 5.21. The summed E-state index contributed by atoms with van der Waals surface area (Å²) in [5.74, 6) is 0.0242. The number of ketones is 1. The number of hydrogen-bond acceptors (Lipinski definition) is 3. The van der Waals surface area contributed by atoms with Crippen LogP contribution in [0.1, 0.15) is 22.8 Å². The van der Waals surface area contributed by atoms with Crippen molar-refractivity contribution in [2.75, 3.05) is 5.32 Å². The van der Waals surface area contributed by atoms with Gasteiger partial charge in [0.05, 0.1) is 16.9 Å². The average molecular weight is 264 g/mol. The van der Waals surface area contributed by atoms with Gasteiger partial charge in [0.1, 0.15) is 0 Å². The lowest BCUT2D eigenvalue weighted by molar-refractivity contribution is 0.101. The summed E-state index contributed by atoms with van der Waals surface area (Å²) in [6.45, 7) is 2.16. The van der Waals surface area contributed by atoms with Gasteiger partial charge in [0.2, 0.25) is 0 Å². The number of nitrogens with zero attached hydrogens (tertiary/aromatic N) is 2. The molecule has 1 N–H and O–H groups in total. The molecule has 18 heavy (non-hydrogen) atoms. The van der Waals surface area contributed by atoms with E-state index in [1.807, 2.05) is 13.2 Å². The molecule has 0 fully saturated rings. The van der Waals surface area contributed by atoms with Crippen LogP contribution in [0.4, 0.5) is 5.69 Å². The van der Waals surface area contributed by atoms with Gasteiger partial charge < -0.3 is 5.32 Å². The van der Waals surface area contributed by atoms with E-state index in [2.05, 4.69) is 10.4 Å². The van der Waals surface area contributed by atoms with Crippen molar-refractivity contribution in [1.82, 2.24) is 9.78 Å². The van der Waals surface area contributed by atoms with E-state index < -0.39 is 0 Å². The van der Waals surface area contributed by atoms with Crippen molar-refractivity contribution in [2.24, 2.45) is 7.05 Å². The number of carbonyl (C=O) groups is 1. The molecular weight excluding hydrogens is 250 g/mol. The third-order valence-electron chi connectivity index (χ3n) is 2.61. The molecule has 1 aromatic carbocycles. The number of halogens is 1. The Kier molecular flexibility index (Phi) is 3.67. The van der Waals surface area contributed by atoms with Crippen LogP contribution in [-0.4, -0.2) is 15.6 Å². The summed E-state index contributed by atoms with van der Waals surface area (Å²) in [6.07, 6.45) is 3.71. The lowest BCUT2D eigenvalue weighted by Crippen LogP contribution is -2.01. The maximum Gasteiger partial charge on any atom is 0.159 e. The van der Waals surface area contributed by atoms with Crippen molar-refractivity contribution in [3.05, 3.63) is 46.7 Å². The smallest absolute Gasteiger partial charge is 0.159 e. The number of hydrogen-bond donors (Lipinski definition) is 1. The summed E-state index contributed by atoms with van der Waals surface area (Å²) < 4.78 is 1.74. The molecule has 0 spiro atoms. The van der Waals surface area contributed by atoms with Crippen LogP contribution in [0.25, 0.3) is 0 Å². The van der Waals surface area contributed by atoms with E-state index >= 15 is 0 Å². The quantitative estimate of drug-likeness (QED) is 0.863. The molecule has 0 bridgehead atoms. The Morgan fingerprint density at radius 1 is 1.50 bits per heavy atom. The molecule has 1 aromatic heterocycles. The molecule has 94 valence electrons. The van der Waals surface area contributed by atoms with Crippen LogP contribution < -0.4 is 5.32 Å². The van der Waals surface area contributed by atoms with Crippen molar-refractivity contribution < 1.29 is 4.79 Å². The van der Waals surface area contributed by atoms with E-state index in [9.17, 15) is 4.79 Å². The van der Waals surface area contributed by atoms with Crippen LogP contribution in [0.15, 0.2) is 30.6 Å². The maximum absolute atomic E-state index is 11.3. The molecule has 0 radical (unpaired) electrons. The van der Waals surface area contributed by atoms with Gasteiger partial charge in [0, 0.05) is 30.9 Å². The van der Waals surface area contributed by atoms with Crippen LogP contribution in [0, 0.1) is 0 Å². The SMILES string of the molecule is CC(=O)c1ccc(Cl)c(NCc2cnn(C)c2)c1. The number of aryl methyl sites for hydroxylation is 1. The largest absolute Gasteiger partial charge is 0.380 e. The molecule has 0 atom stereocenters. The van der Waals surface area contributed by atoms with Gasteiger partial charge in [-0.1, -0.05) is 11.6 Å². The summed E-state index contributed by atoms with van der Waals surface area (Å²) in [4.78, 5) is 11.3. The van der Waals surface area contributed by atoms with Gasteiger partial charge in [-0.25, -0.2) is 0 Å². The minimum absolute atomic E-state index is 0.0242. The van der Waals surface area contributed by atoms with Crippen molar-refractivity contribution in [3.63, 3.8) is 0 Å². The summed E-state index contributed by atoms with van der Waals surface area (Å²) >= 11 is 6.08. The fourth-order valence-electron chi connectivity index (χ4n) is 1.64. The Bertz CT molecular complexity index is 577. The number of rotatable bonds is 4. The van der Waals surface area contributed by atoms with Crippen LogP contribution in [0.5, 0.6) is 0 Å². The first kappa shape index (κ1) is 12.6. The number of Topliss-reactive ketones (excluding diaryl/α,β-unsaturated/α-hetero) is 1. The molecule has 0 unspecified atom stereocenters. The second-order valence-corrected chi connectivity index (χ2v) is 4.53. The molecular formula is C13H14ClN3O. The fourth-order valence-corrected chi connectivity index (χ4v) is 1.82. The Hall–Kier alpha value is -1.81. The molecule has 5 heteroatoms. The lowest BCUT2D eigenvalue weighted by atomic mass is 10.1. The Morgan fingerprint density at radius 2 is 2.28 bits per heavy atom. The van der Waals surface area contributed by atoms with Gasteiger partial charge in [-0.3, -0.25) is 9.48 Å². The zero-order chi connectivity index (χ0) is 13.1. The first-order chi connectivity index (χ1) is 8.56. The highest BCUT2D eigenvalue weighted by Crippen LogP contribution is 2.23. The molecule has 1 heterocycles. The molecule has 0 aliphatic carbocycles. The number of benzene rings is 1. The number of carbonyl (C=O) groups excluding carboxylic acids is 1. The molecule has 0 saturated carbocycles. The van der Waals surface area contributed by atoms with E-state index in [0.29, 0.717) is 17.1 Å². The molecule has 2 aromatic rings. The first-order valence-electron chi connectivity index (χ1n) is 5.58. The number of anilines is 1. The minimum atomic E-state index is 0.0242. The second kappa shape index (κ2) is 5.23. The summed E-state index contributed by atoms with van der Waals surface area (Å²) in [5, 5.41) is 7.89. The van der Waals surface area contributed by atoms with Gasteiger partial charge in [-0.2, -0.15) is 5.10 Å². The van der Waals surface area contributed by atoms with Gasteiger partial charge in [0.15, 0.2) is 5.78 Å². The summed E-state index contributed by atoms with van der Waals surface area (Å²) in [7, 11) is 1.87. The predicted octanol–water partition coefficient (Wildman–Crippen LogP) is 2.89. The van der Waals surface area contributed by atoms with Crippen LogP contribution in [-0.2, 0) is 13.6 Å². The van der Waals surface area contributed by atoms with Gasteiger partial charge in [-0.15, -0.1) is 0 Å². The molecule has 0 aliphatic heterocycles. The topological polar surface area (TPSA) is 46.9 Å². The summed E-state index contributed by atoms with van der Waals surface area (Å²) in [5.41, 5.74) is 2.46. The lowest BCUT2D eigenvalue weighted by Gasteiger charge is -2.08. The molecule has 0 aliphatic rings. The van der Waals surface area contributed by atoms with Crippen LogP contribution in [0.2, 0.25) is 5.02 Å². The van der Waals surface area contributed by atoms with E-state index in [1.54, 1.807) is 29.1 Å². The highest BCUT2D eigenvalue weighted by atomic mass is 35.5. The zero-order valence-corrected chi connectivity index (χ0v) is 11.0. The van der Waals surface area contributed by atoms with Gasteiger partial charge in [0.25, 0.3) is 0 Å². The number of nitrogens with one attached hydrogen (secondary N) is 1. The second-order valence-electron chi connectivity index (χ2n) is 4.13. The Labute approximate surface area is 111 Å². The van der Waals surface area contributed by atoms with E-state index in [0.717, 1.165) is 11.3 Å². The Balaban J connectivity index is 2.13. The monoisotopic (exact) mass is 263 g/mol. The average Bonchev–Trinajstić information content (AvgIpc) is 2.74. The number of aromatic nitrogens is 2. The third kappa shape index (κ3) is 2.90. The van der Waals surface area contributed by atoms with E-state index in [-0.39, 0.29) is 5.78 Å². The molecule has 2 rings (SSSR count). The van der Waals surface area contributed by atoms with Crippen molar-refractivity contribution >= 4 is 23.1 Å². The molecule has 0 saturated heterocycles. The highest BCUT2D eigenvalue weighted by molar-refractivity contribution is 6.33. The molecule has 0 amide bonds. The van der Waals surface area contributed by atoms with Crippen molar-refractivity contribution in [2.45, 2.75) is 13.5 Å². The molecule has 4 nitrogen and oxygen atoms in total. The highest BCUT2D eigenvalue weighted by Gasteiger charge is 2.05. The first-order valence-corrected chi connectivity index (χ1v) is 5.96. The maximum atomic E-state index is 11.3. The fraction of sp³-hybridized carbons (Fsp3) is 0.231. The minimum Gasteiger partial charge on any atom is -0.380 e. The standard InChI is InChI=1S/C13H14ClN3O/c1-9(18)11-3-4-12(14)13(5-11)15-6-10-7-16-17(2)8-10/h3-5,7-8,15H,6H2,1-2H3. The van der Waals surface area contributed by atoms with Crippen molar-refractivity contribution in [3.8, 4) is 0 Å². The third-order valence-corrected chi connectivity index (χ3v) is 2.94. The normalized spacial score (nSPS) is 10.4. The van der Waals surface area contributed by atoms with Crippen LogP contribution >= 0.6 is 11.6 Å². The van der Waals surface area contributed by atoms with Crippen LogP contribution in [0.3, 0.4) is 0 Å². The van der Waals surface area contributed by atoms with Crippen molar-refractivity contribution in [1.29, 1.82) is 0 Å². The zero-order valence-electron chi connectivity index (χ0n) is 10.3. The van der Waals surface area contributed by atoms with E-state index in [4.69, 9.17) is 11.6 Å².